The number of hydrogen-bond acceptors (Lipinski definition) is 4. The van der Waals surface area contributed by atoms with Gasteiger partial charge in [-0.2, -0.15) is 0 Å². The molecule has 3 aromatic carbocycles. The zero-order chi connectivity index (χ0) is 23.8. The van der Waals surface area contributed by atoms with Gasteiger partial charge in [0, 0.05) is 29.3 Å². The second kappa shape index (κ2) is 9.20. The molecule has 1 fully saturated rings. The Hall–Kier alpha value is -3.22. The highest BCUT2D eigenvalue weighted by Gasteiger charge is 2.29. The summed E-state index contributed by atoms with van der Waals surface area (Å²) >= 11 is 12.4. The molecule has 1 aliphatic rings. The van der Waals surface area contributed by atoms with Crippen molar-refractivity contribution in [2.45, 2.75) is 25.4 Å². The maximum atomic E-state index is 13.0. The Bertz CT molecular complexity index is 1400. The lowest BCUT2D eigenvalue weighted by Gasteiger charge is -2.13. The predicted octanol–water partition coefficient (Wildman–Crippen LogP) is 6.29. The molecule has 174 valence electrons. The van der Waals surface area contributed by atoms with Crippen molar-refractivity contribution in [3.05, 3.63) is 75.8 Å². The van der Waals surface area contributed by atoms with Crippen LogP contribution in [0.5, 0.6) is 11.5 Å². The number of carbonyl (C=O) groups is 1. The van der Waals surface area contributed by atoms with Gasteiger partial charge < -0.3 is 19.4 Å². The quantitative estimate of drug-likeness (QED) is 0.327. The summed E-state index contributed by atoms with van der Waals surface area (Å²) in [5, 5.41) is 3.96. The van der Waals surface area contributed by atoms with Gasteiger partial charge in [-0.25, -0.2) is 4.98 Å². The molecule has 0 aliphatic heterocycles. The number of hydrogen-bond donors (Lipinski definition) is 1. The van der Waals surface area contributed by atoms with E-state index in [4.69, 9.17) is 37.7 Å². The summed E-state index contributed by atoms with van der Waals surface area (Å²) in [7, 11) is 3.17. The van der Waals surface area contributed by atoms with E-state index in [1.165, 1.54) is 0 Å². The zero-order valence-corrected chi connectivity index (χ0v) is 20.3. The Kier molecular flexibility index (Phi) is 6.11. The van der Waals surface area contributed by atoms with Crippen molar-refractivity contribution in [1.29, 1.82) is 0 Å². The van der Waals surface area contributed by atoms with Crippen LogP contribution in [-0.2, 0) is 6.54 Å². The van der Waals surface area contributed by atoms with Crippen molar-refractivity contribution >= 4 is 40.1 Å². The molecular weight excluding hydrogens is 473 g/mol. The van der Waals surface area contributed by atoms with Gasteiger partial charge in [-0.15, -0.1) is 0 Å². The molecule has 0 bridgehead atoms. The van der Waals surface area contributed by atoms with Crippen molar-refractivity contribution < 1.29 is 14.3 Å². The molecule has 6 nitrogen and oxygen atoms in total. The number of carbonyl (C=O) groups excluding carboxylic acids is 1. The molecule has 0 spiro atoms. The number of benzene rings is 3. The molecule has 4 aromatic rings. The van der Waals surface area contributed by atoms with Gasteiger partial charge in [0.2, 0.25) is 0 Å². The summed E-state index contributed by atoms with van der Waals surface area (Å²) in [5.74, 6) is 1.87. The first-order chi connectivity index (χ1) is 16.5. The summed E-state index contributed by atoms with van der Waals surface area (Å²) in [5.41, 5.74) is 4.02. The van der Waals surface area contributed by atoms with Crippen LogP contribution < -0.4 is 14.8 Å². The van der Waals surface area contributed by atoms with Gasteiger partial charge in [0.05, 0.1) is 35.3 Å². The Labute approximate surface area is 207 Å². The van der Waals surface area contributed by atoms with Crippen LogP contribution in [0.15, 0.2) is 54.6 Å². The molecule has 1 N–H and O–H groups in total. The molecule has 1 aromatic heterocycles. The molecule has 0 saturated heterocycles. The van der Waals surface area contributed by atoms with Gasteiger partial charge in [0.15, 0.2) is 11.5 Å². The van der Waals surface area contributed by atoms with Crippen LogP contribution in [-0.4, -0.2) is 29.7 Å². The average Bonchev–Trinajstić information content (AvgIpc) is 3.62. The van der Waals surface area contributed by atoms with Gasteiger partial charge in [-0.05, 0) is 55.3 Å². The SMILES string of the molecule is COc1cccc(CNC(=O)c2ccc3c(c2)nc(-c2ccc(Cl)c(Cl)c2)n3C2CC2)c1OC. The number of rotatable bonds is 7. The molecule has 5 rings (SSSR count). The normalized spacial score (nSPS) is 13.2. The van der Waals surface area contributed by atoms with E-state index in [-0.39, 0.29) is 5.91 Å². The highest BCUT2D eigenvalue weighted by Crippen LogP contribution is 2.42. The van der Waals surface area contributed by atoms with Crippen LogP contribution in [0.1, 0.15) is 34.8 Å². The fraction of sp³-hybridized carbons (Fsp3) is 0.231. The summed E-state index contributed by atoms with van der Waals surface area (Å²) in [6.45, 7) is 0.308. The molecule has 8 heteroatoms. The smallest absolute Gasteiger partial charge is 0.251 e. The Morgan fingerprint density at radius 3 is 2.59 bits per heavy atom. The maximum Gasteiger partial charge on any atom is 0.251 e. The number of aromatic nitrogens is 2. The van der Waals surface area contributed by atoms with Crippen molar-refractivity contribution in [3.8, 4) is 22.9 Å². The third-order valence-electron chi connectivity index (χ3n) is 5.97. The van der Waals surface area contributed by atoms with Gasteiger partial charge >= 0.3 is 0 Å². The van der Waals surface area contributed by atoms with E-state index in [2.05, 4.69) is 9.88 Å². The van der Waals surface area contributed by atoms with Crippen LogP contribution in [0.3, 0.4) is 0 Å². The highest BCUT2D eigenvalue weighted by molar-refractivity contribution is 6.42. The summed E-state index contributed by atoms with van der Waals surface area (Å²) in [6.07, 6.45) is 2.20. The first kappa shape index (κ1) is 22.6. The van der Waals surface area contributed by atoms with Crippen molar-refractivity contribution in [2.75, 3.05) is 14.2 Å². The van der Waals surface area contributed by atoms with Gasteiger partial charge in [-0.1, -0.05) is 35.3 Å². The number of imidazole rings is 1. The fourth-order valence-corrected chi connectivity index (χ4v) is 4.45. The number of nitrogens with zero attached hydrogens (tertiary/aromatic N) is 2. The summed E-state index contributed by atoms with van der Waals surface area (Å²) in [4.78, 5) is 17.8. The van der Waals surface area contributed by atoms with Crippen LogP contribution in [0.25, 0.3) is 22.4 Å². The lowest BCUT2D eigenvalue weighted by Crippen LogP contribution is -2.23. The van der Waals surface area contributed by atoms with E-state index < -0.39 is 0 Å². The first-order valence-corrected chi connectivity index (χ1v) is 11.7. The predicted molar refractivity (Wildman–Crippen MR) is 134 cm³/mol. The lowest BCUT2D eigenvalue weighted by molar-refractivity contribution is 0.0950. The number of methoxy groups -OCH3 is 2. The average molecular weight is 496 g/mol. The summed E-state index contributed by atoms with van der Waals surface area (Å²) in [6, 6.07) is 17.1. The van der Waals surface area contributed by atoms with Crippen LogP contribution in [0.2, 0.25) is 10.0 Å². The number of ether oxygens (including phenoxy) is 2. The second-order valence-corrected chi connectivity index (χ2v) is 9.02. The minimum Gasteiger partial charge on any atom is -0.493 e. The maximum absolute atomic E-state index is 13.0. The molecule has 34 heavy (non-hydrogen) atoms. The first-order valence-electron chi connectivity index (χ1n) is 11.0. The Morgan fingerprint density at radius 1 is 1.06 bits per heavy atom. The van der Waals surface area contributed by atoms with E-state index in [0.717, 1.165) is 40.8 Å². The van der Waals surface area contributed by atoms with Crippen LogP contribution in [0.4, 0.5) is 0 Å². The molecule has 0 unspecified atom stereocenters. The minimum absolute atomic E-state index is 0.191. The number of fused-ring (bicyclic) bond motifs is 1. The third kappa shape index (κ3) is 4.19. The number of amides is 1. The van der Waals surface area contributed by atoms with E-state index in [1.807, 2.05) is 48.5 Å². The van der Waals surface area contributed by atoms with Crippen molar-refractivity contribution in [1.82, 2.24) is 14.9 Å². The van der Waals surface area contributed by atoms with Gasteiger partial charge in [0.25, 0.3) is 5.91 Å². The van der Waals surface area contributed by atoms with Crippen molar-refractivity contribution in [2.24, 2.45) is 0 Å². The van der Waals surface area contributed by atoms with Gasteiger partial charge in [0.1, 0.15) is 5.82 Å². The van der Waals surface area contributed by atoms with Crippen LogP contribution in [0, 0.1) is 0 Å². The molecule has 1 saturated carbocycles. The van der Waals surface area contributed by atoms with E-state index in [0.29, 0.717) is 39.7 Å². The van der Waals surface area contributed by atoms with Crippen molar-refractivity contribution in [3.63, 3.8) is 0 Å². The Balaban J connectivity index is 1.44. The van der Waals surface area contributed by atoms with E-state index in [9.17, 15) is 4.79 Å². The fourth-order valence-electron chi connectivity index (χ4n) is 4.15. The molecule has 1 aliphatic carbocycles. The third-order valence-corrected chi connectivity index (χ3v) is 6.70. The molecule has 0 atom stereocenters. The Morgan fingerprint density at radius 2 is 1.88 bits per heavy atom. The summed E-state index contributed by atoms with van der Waals surface area (Å²) < 4.78 is 13.0. The number of halogens is 2. The lowest BCUT2D eigenvalue weighted by atomic mass is 10.1. The number of para-hydroxylation sites is 1. The van der Waals surface area contributed by atoms with E-state index >= 15 is 0 Å². The molecular formula is C26H23Cl2N3O3. The van der Waals surface area contributed by atoms with Crippen LogP contribution >= 0.6 is 23.2 Å². The van der Waals surface area contributed by atoms with E-state index in [1.54, 1.807) is 20.3 Å². The standard InChI is InChI=1S/C26H23Cl2N3O3/c1-33-23-5-3-4-17(24(23)34-2)14-29-26(32)16-7-11-22-21(13-16)30-25(31(22)18-8-9-18)15-6-10-19(27)20(28)12-15/h3-7,10-13,18H,8-9,14H2,1-2H3,(H,29,32). The zero-order valence-electron chi connectivity index (χ0n) is 18.8. The van der Waals surface area contributed by atoms with Gasteiger partial charge in [-0.3, -0.25) is 4.79 Å². The second-order valence-electron chi connectivity index (χ2n) is 8.20. The molecule has 1 amide bonds. The number of nitrogens with one attached hydrogen (secondary N) is 1. The monoisotopic (exact) mass is 495 g/mol. The molecule has 1 heterocycles. The highest BCUT2D eigenvalue weighted by atomic mass is 35.5. The topological polar surface area (TPSA) is 65.4 Å². The minimum atomic E-state index is -0.191. The largest absolute Gasteiger partial charge is 0.493 e. The molecule has 0 radical (unpaired) electrons.